The number of nitrogens with zero attached hydrogens (tertiary/aromatic N) is 1. The van der Waals surface area contributed by atoms with E-state index < -0.39 is 9.84 Å². The lowest BCUT2D eigenvalue weighted by molar-refractivity contribution is 0.602. The number of hydrogen-bond acceptors (Lipinski definition) is 4. The van der Waals surface area contributed by atoms with Crippen LogP contribution in [0, 0.1) is 0 Å². The topological polar surface area (TPSA) is 70.6 Å². The van der Waals surface area contributed by atoms with Gasteiger partial charge in [-0.2, -0.15) is 11.8 Å². The standard InChI is InChI=1S/C16H27N3O2S2/c1-17-16(18-11-4-5-13-22-2)19-12-10-14-6-8-15(9-7-14)23(3,20)21/h6-9H,4-5,10-13H2,1-3H3,(H2,17,18,19). The smallest absolute Gasteiger partial charge is 0.190 e. The second kappa shape index (κ2) is 10.5. The number of guanidine groups is 1. The van der Waals surface area contributed by atoms with Crippen LogP contribution in [0.5, 0.6) is 0 Å². The van der Waals surface area contributed by atoms with Crippen molar-refractivity contribution in [2.24, 2.45) is 4.99 Å². The molecule has 0 heterocycles. The Hall–Kier alpha value is -1.21. The van der Waals surface area contributed by atoms with E-state index >= 15 is 0 Å². The van der Waals surface area contributed by atoms with Gasteiger partial charge in [0.15, 0.2) is 15.8 Å². The number of nitrogens with one attached hydrogen (secondary N) is 2. The predicted molar refractivity (Wildman–Crippen MR) is 100 cm³/mol. The molecule has 0 spiro atoms. The number of unbranched alkanes of at least 4 members (excludes halogenated alkanes) is 1. The number of sulfone groups is 1. The second-order valence-corrected chi connectivity index (χ2v) is 8.29. The molecule has 0 atom stereocenters. The zero-order valence-corrected chi connectivity index (χ0v) is 15.8. The minimum atomic E-state index is -3.12. The van der Waals surface area contributed by atoms with E-state index in [1.165, 1.54) is 18.4 Å². The van der Waals surface area contributed by atoms with Gasteiger partial charge in [0.2, 0.25) is 0 Å². The first kappa shape index (κ1) is 19.8. The summed E-state index contributed by atoms with van der Waals surface area (Å²) in [5.74, 6) is 2.00. The number of thioether (sulfide) groups is 1. The summed E-state index contributed by atoms with van der Waals surface area (Å²) >= 11 is 1.87. The summed E-state index contributed by atoms with van der Waals surface area (Å²) in [4.78, 5) is 4.55. The molecule has 0 aliphatic heterocycles. The third kappa shape index (κ3) is 8.27. The highest BCUT2D eigenvalue weighted by Crippen LogP contribution is 2.10. The van der Waals surface area contributed by atoms with Crippen LogP contribution in [-0.2, 0) is 16.3 Å². The number of aliphatic imine (C=N–C) groups is 1. The number of rotatable bonds is 9. The summed E-state index contributed by atoms with van der Waals surface area (Å²) in [6.07, 6.45) is 6.50. The molecule has 1 aromatic carbocycles. The van der Waals surface area contributed by atoms with Crippen molar-refractivity contribution < 1.29 is 8.42 Å². The molecular weight excluding hydrogens is 330 g/mol. The third-order valence-corrected chi connectivity index (χ3v) is 5.17. The van der Waals surface area contributed by atoms with E-state index in [-0.39, 0.29) is 0 Å². The van der Waals surface area contributed by atoms with E-state index in [0.717, 1.165) is 37.5 Å². The first-order valence-corrected chi connectivity index (χ1v) is 11.0. The Bertz CT molecular complexity index is 584. The molecule has 2 N–H and O–H groups in total. The molecule has 0 saturated carbocycles. The van der Waals surface area contributed by atoms with E-state index in [2.05, 4.69) is 21.9 Å². The summed E-state index contributed by atoms with van der Waals surface area (Å²) < 4.78 is 22.8. The Morgan fingerprint density at radius 3 is 2.35 bits per heavy atom. The highest BCUT2D eigenvalue weighted by Gasteiger charge is 2.06. The van der Waals surface area contributed by atoms with Gasteiger partial charge in [-0.1, -0.05) is 12.1 Å². The first-order valence-electron chi connectivity index (χ1n) is 7.70. The lowest BCUT2D eigenvalue weighted by Gasteiger charge is -2.12. The van der Waals surface area contributed by atoms with Gasteiger partial charge in [-0.3, -0.25) is 4.99 Å². The zero-order valence-electron chi connectivity index (χ0n) is 14.1. The molecule has 130 valence electrons. The van der Waals surface area contributed by atoms with Gasteiger partial charge < -0.3 is 10.6 Å². The van der Waals surface area contributed by atoms with Crippen LogP contribution in [0.2, 0.25) is 0 Å². The summed E-state index contributed by atoms with van der Waals surface area (Å²) in [5.41, 5.74) is 1.10. The molecule has 0 aliphatic carbocycles. The van der Waals surface area contributed by atoms with Crippen LogP contribution in [0.4, 0.5) is 0 Å². The predicted octanol–water partition coefficient (Wildman–Crippen LogP) is 1.94. The van der Waals surface area contributed by atoms with Gasteiger partial charge >= 0.3 is 0 Å². The average molecular weight is 358 g/mol. The highest BCUT2D eigenvalue weighted by molar-refractivity contribution is 7.98. The van der Waals surface area contributed by atoms with E-state index in [4.69, 9.17) is 0 Å². The Morgan fingerprint density at radius 2 is 1.78 bits per heavy atom. The summed E-state index contributed by atoms with van der Waals surface area (Å²) in [6.45, 7) is 1.67. The zero-order chi connectivity index (χ0) is 17.1. The van der Waals surface area contributed by atoms with Crippen molar-refractivity contribution in [2.45, 2.75) is 24.2 Å². The van der Waals surface area contributed by atoms with Gasteiger partial charge in [-0.15, -0.1) is 0 Å². The van der Waals surface area contributed by atoms with E-state index in [1.807, 2.05) is 23.9 Å². The van der Waals surface area contributed by atoms with Crippen molar-refractivity contribution in [1.82, 2.24) is 10.6 Å². The Kier molecular flexibility index (Phi) is 9.09. The summed E-state index contributed by atoms with van der Waals surface area (Å²) in [5, 5.41) is 6.56. The monoisotopic (exact) mass is 357 g/mol. The summed E-state index contributed by atoms with van der Waals surface area (Å²) in [6, 6.07) is 7.03. The van der Waals surface area contributed by atoms with Gasteiger partial charge in [0, 0.05) is 26.4 Å². The molecule has 23 heavy (non-hydrogen) atoms. The fourth-order valence-corrected chi connectivity index (χ4v) is 3.15. The van der Waals surface area contributed by atoms with Crippen LogP contribution >= 0.6 is 11.8 Å². The molecule has 7 heteroatoms. The van der Waals surface area contributed by atoms with Crippen LogP contribution < -0.4 is 10.6 Å². The molecule has 0 fully saturated rings. The van der Waals surface area contributed by atoms with Gasteiger partial charge in [-0.05, 0) is 49.0 Å². The van der Waals surface area contributed by atoms with Gasteiger partial charge in [0.1, 0.15) is 0 Å². The van der Waals surface area contributed by atoms with Crippen molar-refractivity contribution in [2.75, 3.05) is 38.4 Å². The Morgan fingerprint density at radius 1 is 1.13 bits per heavy atom. The van der Waals surface area contributed by atoms with Gasteiger partial charge in [-0.25, -0.2) is 8.42 Å². The van der Waals surface area contributed by atoms with Crippen LogP contribution in [0.15, 0.2) is 34.2 Å². The normalized spacial score (nSPS) is 12.2. The maximum absolute atomic E-state index is 11.4. The van der Waals surface area contributed by atoms with Crippen LogP contribution in [-0.4, -0.2) is 52.8 Å². The number of benzene rings is 1. The van der Waals surface area contributed by atoms with Crippen LogP contribution in [0.25, 0.3) is 0 Å². The van der Waals surface area contributed by atoms with Crippen molar-refractivity contribution in [1.29, 1.82) is 0 Å². The second-order valence-electron chi connectivity index (χ2n) is 5.29. The van der Waals surface area contributed by atoms with Crippen molar-refractivity contribution >= 4 is 27.6 Å². The molecule has 0 saturated heterocycles. The SMILES string of the molecule is CN=C(NCCCCSC)NCCc1ccc(S(C)(=O)=O)cc1. The quantitative estimate of drug-likeness (QED) is 0.401. The molecule has 5 nitrogen and oxygen atoms in total. The fourth-order valence-electron chi connectivity index (χ4n) is 2.03. The molecule has 0 radical (unpaired) electrons. The van der Waals surface area contributed by atoms with Gasteiger partial charge in [0.05, 0.1) is 4.90 Å². The molecule has 0 bridgehead atoms. The van der Waals surface area contributed by atoms with Crippen molar-refractivity contribution in [3.63, 3.8) is 0 Å². The first-order chi connectivity index (χ1) is 11.0. The van der Waals surface area contributed by atoms with Crippen LogP contribution in [0.3, 0.4) is 0 Å². The van der Waals surface area contributed by atoms with E-state index in [1.54, 1.807) is 19.2 Å². The number of hydrogen-bond donors (Lipinski definition) is 2. The lowest BCUT2D eigenvalue weighted by Crippen LogP contribution is -2.38. The van der Waals surface area contributed by atoms with Crippen LogP contribution in [0.1, 0.15) is 18.4 Å². The largest absolute Gasteiger partial charge is 0.356 e. The maximum Gasteiger partial charge on any atom is 0.190 e. The van der Waals surface area contributed by atoms with Crippen molar-refractivity contribution in [3.05, 3.63) is 29.8 Å². The molecule has 0 aromatic heterocycles. The fraction of sp³-hybridized carbons (Fsp3) is 0.562. The molecular formula is C16H27N3O2S2. The summed E-state index contributed by atoms with van der Waals surface area (Å²) in [7, 11) is -1.36. The highest BCUT2D eigenvalue weighted by atomic mass is 32.2. The minimum absolute atomic E-state index is 0.358. The van der Waals surface area contributed by atoms with Gasteiger partial charge in [0.25, 0.3) is 0 Å². The minimum Gasteiger partial charge on any atom is -0.356 e. The molecule has 0 aliphatic rings. The third-order valence-electron chi connectivity index (χ3n) is 3.35. The lowest BCUT2D eigenvalue weighted by atomic mass is 10.1. The Balaban J connectivity index is 2.31. The van der Waals surface area contributed by atoms with E-state index in [0.29, 0.717) is 4.90 Å². The van der Waals surface area contributed by atoms with E-state index in [9.17, 15) is 8.42 Å². The Labute approximate surface area is 144 Å². The average Bonchev–Trinajstić information content (AvgIpc) is 2.52. The molecule has 1 aromatic rings. The molecule has 0 unspecified atom stereocenters. The molecule has 0 amide bonds. The van der Waals surface area contributed by atoms with Crippen molar-refractivity contribution in [3.8, 4) is 0 Å². The maximum atomic E-state index is 11.4. The molecule has 1 rings (SSSR count).